The highest BCUT2D eigenvalue weighted by atomic mass is 15.1. The lowest BCUT2D eigenvalue weighted by Crippen LogP contribution is -2.26. The number of nitrogens with zero attached hydrogens (tertiary/aromatic N) is 2. The molecule has 0 aliphatic heterocycles. The lowest BCUT2D eigenvalue weighted by molar-refractivity contribution is 0.756. The van der Waals surface area contributed by atoms with Gasteiger partial charge >= 0.3 is 0 Å². The predicted molar refractivity (Wildman–Crippen MR) is 78.0 cm³/mol. The molecule has 0 unspecified atom stereocenters. The van der Waals surface area contributed by atoms with E-state index in [4.69, 9.17) is 5.73 Å². The minimum atomic E-state index is 0.735. The minimum Gasteiger partial charge on any atom is -0.371 e. The molecule has 0 saturated heterocycles. The molecule has 0 aliphatic rings. The van der Waals surface area contributed by atoms with Gasteiger partial charge < -0.3 is 10.6 Å². The molecule has 0 spiro atoms. The first-order valence-electron chi connectivity index (χ1n) is 6.57. The lowest BCUT2D eigenvalue weighted by atomic mass is 10.1. The number of para-hydroxylation sites is 1. The Labute approximate surface area is 109 Å². The van der Waals surface area contributed by atoms with Crippen LogP contribution in [0, 0.1) is 6.92 Å². The summed E-state index contributed by atoms with van der Waals surface area (Å²) in [5, 5.41) is 1.22. The molecule has 96 valence electrons. The Bertz CT molecular complexity index is 522. The monoisotopic (exact) mass is 243 g/mol. The van der Waals surface area contributed by atoms with Gasteiger partial charge in [-0.25, -0.2) is 0 Å². The quantitative estimate of drug-likeness (QED) is 0.878. The van der Waals surface area contributed by atoms with Gasteiger partial charge in [-0.1, -0.05) is 18.2 Å². The summed E-state index contributed by atoms with van der Waals surface area (Å²) < 4.78 is 0. The standard InChI is InChI=1S/C15H21N3/c1-3-18(10-6-9-16)15-11-12(2)17-14-8-5-4-7-13(14)15/h4-5,7-8,11H,3,6,9-10,16H2,1-2H3. The summed E-state index contributed by atoms with van der Waals surface area (Å²) in [6, 6.07) is 10.5. The molecule has 1 aromatic carbocycles. The molecule has 0 bridgehead atoms. The van der Waals surface area contributed by atoms with Crippen LogP contribution in [0.4, 0.5) is 5.69 Å². The van der Waals surface area contributed by atoms with Crippen molar-refractivity contribution in [1.82, 2.24) is 4.98 Å². The summed E-state index contributed by atoms with van der Waals surface area (Å²) in [6.45, 7) is 6.96. The van der Waals surface area contributed by atoms with Gasteiger partial charge in [0.15, 0.2) is 0 Å². The minimum absolute atomic E-state index is 0.735. The van der Waals surface area contributed by atoms with Crippen molar-refractivity contribution >= 4 is 16.6 Å². The molecule has 1 heterocycles. The van der Waals surface area contributed by atoms with Crippen LogP contribution in [0.25, 0.3) is 10.9 Å². The third-order valence-corrected chi connectivity index (χ3v) is 3.18. The highest BCUT2D eigenvalue weighted by molar-refractivity contribution is 5.91. The summed E-state index contributed by atoms with van der Waals surface area (Å²) >= 11 is 0. The van der Waals surface area contributed by atoms with Gasteiger partial charge in [0.2, 0.25) is 0 Å². The Kier molecular flexibility index (Phi) is 4.15. The molecular weight excluding hydrogens is 222 g/mol. The van der Waals surface area contributed by atoms with Crippen molar-refractivity contribution in [3.63, 3.8) is 0 Å². The highest BCUT2D eigenvalue weighted by Crippen LogP contribution is 2.26. The second-order valence-corrected chi connectivity index (χ2v) is 4.52. The fourth-order valence-electron chi connectivity index (χ4n) is 2.28. The smallest absolute Gasteiger partial charge is 0.0726 e. The first-order chi connectivity index (χ1) is 8.76. The van der Waals surface area contributed by atoms with Crippen LogP contribution in [0.3, 0.4) is 0 Å². The van der Waals surface area contributed by atoms with E-state index in [1.807, 2.05) is 13.0 Å². The van der Waals surface area contributed by atoms with E-state index in [-0.39, 0.29) is 0 Å². The molecule has 0 aliphatic carbocycles. The molecule has 18 heavy (non-hydrogen) atoms. The third-order valence-electron chi connectivity index (χ3n) is 3.18. The van der Waals surface area contributed by atoms with Crippen LogP contribution in [0.1, 0.15) is 19.0 Å². The van der Waals surface area contributed by atoms with Crippen LogP contribution in [-0.4, -0.2) is 24.6 Å². The fraction of sp³-hybridized carbons (Fsp3) is 0.400. The van der Waals surface area contributed by atoms with Crippen molar-refractivity contribution < 1.29 is 0 Å². The van der Waals surface area contributed by atoms with Crippen molar-refractivity contribution in [2.75, 3.05) is 24.5 Å². The molecule has 0 amide bonds. The van der Waals surface area contributed by atoms with E-state index in [1.54, 1.807) is 0 Å². The Morgan fingerprint density at radius 1 is 1.28 bits per heavy atom. The third kappa shape index (κ3) is 2.62. The van der Waals surface area contributed by atoms with E-state index >= 15 is 0 Å². The van der Waals surface area contributed by atoms with Gasteiger partial charge in [-0.3, -0.25) is 4.98 Å². The summed E-state index contributed by atoms with van der Waals surface area (Å²) in [7, 11) is 0. The Morgan fingerprint density at radius 2 is 2.06 bits per heavy atom. The van der Waals surface area contributed by atoms with Crippen molar-refractivity contribution in [3.05, 3.63) is 36.0 Å². The van der Waals surface area contributed by atoms with Crippen molar-refractivity contribution in [2.24, 2.45) is 5.73 Å². The zero-order chi connectivity index (χ0) is 13.0. The normalized spacial score (nSPS) is 10.8. The van der Waals surface area contributed by atoms with E-state index in [0.717, 1.165) is 37.3 Å². The fourth-order valence-corrected chi connectivity index (χ4v) is 2.28. The van der Waals surface area contributed by atoms with Gasteiger partial charge in [-0.05, 0) is 38.9 Å². The van der Waals surface area contributed by atoms with Crippen LogP contribution in [0.15, 0.2) is 30.3 Å². The van der Waals surface area contributed by atoms with Gasteiger partial charge in [0.1, 0.15) is 0 Å². The van der Waals surface area contributed by atoms with Gasteiger partial charge in [-0.2, -0.15) is 0 Å². The first-order valence-corrected chi connectivity index (χ1v) is 6.57. The number of hydrogen-bond donors (Lipinski definition) is 1. The van der Waals surface area contributed by atoms with Gasteiger partial charge in [0.05, 0.1) is 5.52 Å². The van der Waals surface area contributed by atoms with E-state index in [9.17, 15) is 0 Å². The zero-order valence-corrected chi connectivity index (χ0v) is 11.2. The van der Waals surface area contributed by atoms with Gasteiger partial charge in [0, 0.05) is 29.9 Å². The topological polar surface area (TPSA) is 42.1 Å². The molecule has 1 aromatic heterocycles. The van der Waals surface area contributed by atoms with E-state index in [0.29, 0.717) is 0 Å². The van der Waals surface area contributed by atoms with Crippen molar-refractivity contribution in [1.29, 1.82) is 0 Å². The van der Waals surface area contributed by atoms with Crippen molar-refractivity contribution in [3.8, 4) is 0 Å². The number of anilines is 1. The molecule has 2 rings (SSSR count). The van der Waals surface area contributed by atoms with Gasteiger partial charge in [-0.15, -0.1) is 0 Å². The van der Waals surface area contributed by atoms with Crippen LogP contribution in [0.5, 0.6) is 0 Å². The molecule has 0 radical (unpaired) electrons. The summed E-state index contributed by atoms with van der Waals surface area (Å²) in [5.74, 6) is 0. The maximum absolute atomic E-state index is 5.61. The number of hydrogen-bond acceptors (Lipinski definition) is 3. The largest absolute Gasteiger partial charge is 0.371 e. The number of aryl methyl sites for hydroxylation is 1. The molecule has 3 nitrogen and oxygen atoms in total. The summed E-state index contributed by atoms with van der Waals surface area (Å²) in [6.07, 6.45) is 1.02. The van der Waals surface area contributed by atoms with Gasteiger partial charge in [0.25, 0.3) is 0 Å². The number of fused-ring (bicyclic) bond motifs is 1. The molecule has 0 fully saturated rings. The number of nitrogens with two attached hydrogens (primary N) is 1. The summed E-state index contributed by atoms with van der Waals surface area (Å²) in [4.78, 5) is 6.96. The maximum atomic E-state index is 5.61. The average Bonchev–Trinajstić information content (AvgIpc) is 2.39. The molecular formula is C15H21N3. The van der Waals surface area contributed by atoms with Crippen LogP contribution in [0.2, 0.25) is 0 Å². The second kappa shape index (κ2) is 5.83. The van der Waals surface area contributed by atoms with E-state index in [1.165, 1.54) is 11.1 Å². The highest BCUT2D eigenvalue weighted by Gasteiger charge is 2.09. The van der Waals surface area contributed by atoms with Crippen LogP contribution in [-0.2, 0) is 0 Å². The summed E-state index contributed by atoms with van der Waals surface area (Å²) in [5.41, 5.74) is 9.02. The van der Waals surface area contributed by atoms with E-state index in [2.05, 4.69) is 41.1 Å². The SMILES string of the molecule is CCN(CCCN)c1cc(C)nc2ccccc12. The van der Waals surface area contributed by atoms with Crippen LogP contribution >= 0.6 is 0 Å². The second-order valence-electron chi connectivity index (χ2n) is 4.52. The van der Waals surface area contributed by atoms with Crippen LogP contribution < -0.4 is 10.6 Å². The van der Waals surface area contributed by atoms with E-state index < -0.39 is 0 Å². The number of aromatic nitrogens is 1. The number of benzene rings is 1. The lowest BCUT2D eigenvalue weighted by Gasteiger charge is -2.24. The first kappa shape index (κ1) is 12.8. The average molecular weight is 243 g/mol. The Hall–Kier alpha value is -1.61. The molecule has 2 N–H and O–H groups in total. The molecule has 3 heteroatoms. The molecule has 0 atom stereocenters. The molecule has 0 saturated carbocycles. The Balaban J connectivity index is 2.47. The zero-order valence-electron chi connectivity index (χ0n) is 11.2. The predicted octanol–water partition coefficient (Wildman–Crippen LogP) is 2.72. The Morgan fingerprint density at radius 3 is 2.78 bits per heavy atom. The van der Waals surface area contributed by atoms with Crippen molar-refractivity contribution in [2.45, 2.75) is 20.3 Å². The number of rotatable bonds is 5. The number of pyridine rings is 1. The molecule has 2 aromatic rings. The maximum Gasteiger partial charge on any atom is 0.0726 e.